The van der Waals surface area contributed by atoms with Crippen molar-refractivity contribution in [1.82, 2.24) is 10.3 Å². The van der Waals surface area contributed by atoms with Gasteiger partial charge in [0.2, 0.25) is 0 Å². The lowest BCUT2D eigenvalue weighted by Crippen LogP contribution is -2.25. The van der Waals surface area contributed by atoms with Gasteiger partial charge >= 0.3 is 0 Å². The molecule has 0 aliphatic carbocycles. The van der Waals surface area contributed by atoms with E-state index in [1.807, 2.05) is 18.2 Å². The predicted octanol–water partition coefficient (Wildman–Crippen LogP) is 4.06. The minimum Gasteiger partial charge on any atom is -0.352 e. The molecule has 122 valence electrons. The lowest BCUT2D eigenvalue weighted by Gasteiger charge is -2.03. The first-order valence-corrected chi connectivity index (χ1v) is 8.24. The quantitative estimate of drug-likeness (QED) is 0.758. The van der Waals surface area contributed by atoms with Crippen LogP contribution < -0.4 is 5.32 Å². The van der Waals surface area contributed by atoms with Gasteiger partial charge in [0, 0.05) is 29.5 Å². The molecular formula is C18H14F2N2OS. The predicted molar refractivity (Wildman–Crippen MR) is 89.9 cm³/mol. The highest BCUT2D eigenvalue weighted by Gasteiger charge is 2.09. The molecule has 0 saturated heterocycles. The Hall–Kier alpha value is -2.60. The van der Waals surface area contributed by atoms with Crippen LogP contribution in [-0.2, 0) is 6.42 Å². The zero-order chi connectivity index (χ0) is 16.9. The summed E-state index contributed by atoms with van der Waals surface area (Å²) in [6, 6.07) is 12.7. The molecule has 1 N–H and O–H groups in total. The van der Waals surface area contributed by atoms with E-state index in [0.717, 1.165) is 17.1 Å². The molecule has 0 aliphatic heterocycles. The van der Waals surface area contributed by atoms with Crippen molar-refractivity contribution in [3.8, 4) is 11.3 Å². The number of carbonyl (C=O) groups is 1. The Morgan fingerprint density at radius 1 is 1.08 bits per heavy atom. The second-order valence-electron chi connectivity index (χ2n) is 5.13. The summed E-state index contributed by atoms with van der Waals surface area (Å²) in [6.07, 6.45) is 0.576. The fourth-order valence-corrected chi connectivity index (χ4v) is 3.00. The number of hydrogen-bond acceptors (Lipinski definition) is 3. The standard InChI is InChI=1S/C18H14F2N2OS/c19-14-7-6-13(10-15(14)20)16-11-24-17(22-16)8-9-21-18(23)12-4-2-1-3-5-12/h1-7,10-11H,8-9H2,(H,21,23). The van der Waals surface area contributed by atoms with Gasteiger partial charge in [-0.1, -0.05) is 18.2 Å². The molecule has 0 radical (unpaired) electrons. The fraction of sp³-hybridized carbons (Fsp3) is 0.111. The smallest absolute Gasteiger partial charge is 0.251 e. The monoisotopic (exact) mass is 344 g/mol. The molecule has 0 atom stereocenters. The van der Waals surface area contributed by atoms with Crippen LogP contribution in [0.25, 0.3) is 11.3 Å². The largest absolute Gasteiger partial charge is 0.352 e. The molecule has 0 bridgehead atoms. The van der Waals surface area contributed by atoms with Crippen LogP contribution >= 0.6 is 11.3 Å². The first-order valence-electron chi connectivity index (χ1n) is 7.36. The molecule has 0 spiro atoms. The topological polar surface area (TPSA) is 42.0 Å². The van der Waals surface area contributed by atoms with Gasteiger partial charge in [0.25, 0.3) is 5.91 Å². The number of halogens is 2. The Morgan fingerprint density at radius 2 is 1.88 bits per heavy atom. The molecule has 1 amide bonds. The number of thiazole rings is 1. The Bertz CT molecular complexity index is 849. The van der Waals surface area contributed by atoms with E-state index < -0.39 is 11.6 Å². The minimum absolute atomic E-state index is 0.131. The van der Waals surface area contributed by atoms with Gasteiger partial charge in [-0.2, -0.15) is 0 Å². The molecule has 2 aromatic carbocycles. The molecule has 0 unspecified atom stereocenters. The van der Waals surface area contributed by atoms with Crippen LogP contribution in [0.5, 0.6) is 0 Å². The number of carbonyl (C=O) groups excluding carboxylic acids is 1. The normalized spacial score (nSPS) is 10.6. The third-order valence-corrected chi connectivity index (χ3v) is 4.34. The van der Waals surface area contributed by atoms with Crippen molar-refractivity contribution in [2.45, 2.75) is 6.42 Å². The first kappa shape index (κ1) is 16.3. The summed E-state index contributed by atoms with van der Waals surface area (Å²) in [5.74, 6) is -1.90. The average Bonchev–Trinajstić information content (AvgIpc) is 3.07. The van der Waals surface area contributed by atoms with Crippen molar-refractivity contribution in [3.63, 3.8) is 0 Å². The maximum atomic E-state index is 13.3. The fourth-order valence-electron chi connectivity index (χ4n) is 2.19. The molecule has 0 fully saturated rings. The van der Waals surface area contributed by atoms with Crippen molar-refractivity contribution in [2.24, 2.45) is 0 Å². The van der Waals surface area contributed by atoms with Crippen molar-refractivity contribution in [1.29, 1.82) is 0 Å². The van der Waals surface area contributed by atoms with Gasteiger partial charge in [-0.3, -0.25) is 4.79 Å². The van der Waals surface area contributed by atoms with Gasteiger partial charge in [0.15, 0.2) is 11.6 Å². The van der Waals surface area contributed by atoms with E-state index in [4.69, 9.17) is 0 Å². The molecule has 6 heteroatoms. The van der Waals surface area contributed by atoms with Gasteiger partial charge < -0.3 is 5.32 Å². The van der Waals surface area contributed by atoms with Crippen LogP contribution in [0.1, 0.15) is 15.4 Å². The van der Waals surface area contributed by atoms with E-state index in [0.29, 0.717) is 29.8 Å². The summed E-state index contributed by atoms with van der Waals surface area (Å²) in [4.78, 5) is 16.3. The Balaban J connectivity index is 1.58. The van der Waals surface area contributed by atoms with Crippen LogP contribution in [0.4, 0.5) is 8.78 Å². The van der Waals surface area contributed by atoms with Crippen molar-refractivity contribution in [2.75, 3.05) is 6.54 Å². The van der Waals surface area contributed by atoms with Gasteiger partial charge in [-0.15, -0.1) is 11.3 Å². The summed E-state index contributed by atoms with van der Waals surface area (Å²) in [6.45, 7) is 0.457. The highest BCUT2D eigenvalue weighted by atomic mass is 32.1. The summed E-state index contributed by atoms with van der Waals surface area (Å²) >= 11 is 1.42. The number of nitrogens with one attached hydrogen (secondary N) is 1. The Kier molecular flexibility index (Phi) is 4.96. The van der Waals surface area contributed by atoms with Crippen LogP contribution in [0.15, 0.2) is 53.9 Å². The lowest BCUT2D eigenvalue weighted by atomic mass is 10.1. The third kappa shape index (κ3) is 3.83. The molecule has 3 nitrogen and oxygen atoms in total. The Labute approximate surface area is 142 Å². The molecule has 0 saturated carbocycles. The number of amides is 1. The van der Waals surface area contributed by atoms with Crippen LogP contribution in [-0.4, -0.2) is 17.4 Å². The number of nitrogens with zero attached hydrogens (tertiary/aromatic N) is 1. The van der Waals surface area contributed by atoms with E-state index in [2.05, 4.69) is 10.3 Å². The molecule has 3 rings (SSSR count). The average molecular weight is 344 g/mol. The molecule has 24 heavy (non-hydrogen) atoms. The van der Waals surface area contributed by atoms with E-state index in [1.165, 1.54) is 17.4 Å². The number of aromatic nitrogens is 1. The van der Waals surface area contributed by atoms with Crippen LogP contribution in [0.2, 0.25) is 0 Å². The SMILES string of the molecule is O=C(NCCc1nc(-c2ccc(F)c(F)c2)cs1)c1ccccc1. The van der Waals surface area contributed by atoms with Crippen LogP contribution in [0.3, 0.4) is 0 Å². The molecule has 1 heterocycles. The zero-order valence-corrected chi connectivity index (χ0v) is 13.4. The van der Waals surface area contributed by atoms with Crippen molar-refractivity contribution >= 4 is 17.2 Å². The number of rotatable bonds is 5. The maximum Gasteiger partial charge on any atom is 0.251 e. The van der Waals surface area contributed by atoms with Crippen LogP contribution in [0, 0.1) is 11.6 Å². The van der Waals surface area contributed by atoms with Crippen molar-refractivity contribution in [3.05, 3.63) is 76.1 Å². The zero-order valence-electron chi connectivity index (χ0n) is 12.6. The third-order valence-electron chi connectivity index (χ3n) is 3.43. The highest BCUT2D eigenvalue weighted by Crippen LogP contribution is 2.23. The molecular weight excluding hydrogens is 330 g/mol. The van der Waals surface area contributed by atoms with E-state index in [-0.39, 0.29) is 5.91 Å². The van der Waals surface area contributed by atoms with E-state index in [1.54, 1.807) is 17.5 Å². The van der Waals surface area contributed by atoms with Gasteiger partial charge in [-0.25, -0.2) is 13.8 Å². The second kappa shape index (κ2) is 7.31. The molecule has 1 aromatic heterocycles. The number of benzene rings is 2. The maximum absolute atomic E-state index is 13.3. The minimum atomic E-state index is -0.892. The van der Waals surface area contributed by atoms with E-state index in [9.17, 15) is 13.6 Å². The Morgan fingerprint density at radius 3 is 2.62 bits per heavy atom. The van der Waals surface area contributed by atoms with Gasteiger partial charge in [-0.05, 0) is 30.3 Å². The molecule has 3 aromatic rings. The highest BCUT2D eigenvalue weighted by molar-refractivity contribution is 7.09. The number of hydrogen-bond donors (Lipinski definition) is 1. The lowest BCUT2D eigenvalue weighted by molar-refractivity contribution is 0.0954. The van der Waals surface area contributed by atoms with Gasteiger partial charge in [0.05, 0.1) is 10.7 Å². The summed E-state index contributed by atoms with van der Waals surface area (Å²) < 4.78 is 26.2. The van der Waals surface area contributed by atoms with Gasteiger partial charge in [0.1, 0.15) is 0 Å². The molecule has 0 aliphatic rings. The summed E-state index contributed by atoms with van der Waals surface area (Å²) in [5.41, 5.74) is 1.74. The van der Waals surface area contributed by atoms with Crippen molar-refractivity contribution < 1.29 is 13.6 Å². The summed E-state index contributed by atoms with van der Waals surface area (Å²) in [5, 5.41) is 5.45. The second-order valence-corrected chi connectivity index (χ2v) is 6.07. The summed E-state index contributed by atoms with van der Waals surface area (Å²) in [7, 11) is 0. The van der Waals surface area contributed by atoms with E-state index >= 15 is 0 Å². The first-order chi connectivity index (χ1) is 11.6.